The molecule has 0 radical (unpaired) electrons. The van der Waals surface area contributed by atoms with Crippen LogP contribution >= 0.6 is 22.9 Å². The molecule has 8 heteroatoms. The van der Waals surface area contributed by atoms with E-state index in [9.17, 15) is 14.4 Å². The van der Waals surface area contributed by atoms with Crippen LogP contribution in [0.25, 0.3) is 0 Å². The Balaban J connectivity index is 5.53. The first-order chi connectivity index (χ1) is 14.3. The molecule has 0 spiro atoms. The van der Waals surface area contributed by atoms with Crippen molar-refractivity contribution in [3.63, 3.8) is 0 Å². The normalized spacial score (nSPS) is 15.5. The zero-order valence-electron chi connectivity index (χ0n) is 23.2. The zero-order valence-corrected chi connectivity index (χ0v) is 25.4. The molecule has 0 aliphatic carbocycles. The van der Waals surface area contributed by atoms with Gasteiger partial charge in [-0.3, -0.25) is 17.5 Å². The highest BCUT2D eigenvalue weighted by Gasteiger charge is 2.45. The lowest BCUT2D eigenvalue weighted by molar-refractivity contribution is -0.141. The van der Waals surface area contributed by atoms with E-state index in [1.165, 1.54) is 0 Å². The Bertz CT molecular complexity index is 734. The minimum absolute atomic E-state index is 0.0522. The topological polar surface area (TPSA) is 105 Å². The van der Waals surface area contributed by atoms with Gasteiger partial charge in [-0.25, -0.2) is 0 Å². The highest BCUT2D eigenvalue weighted by atomic mass is 127. The number of rotatable bonds is 10. The van der Waals surface area contributed by atoms with Crippen LogP contribution in [0.2, 0.25) is 0 Å². The highest BCUT2D eigenvalue weighted by Crippen LogP contribution is 2.39. The van der Waals surface area contributed by atoms with E-state index in [4.69, 9.17) is 5.73 Å². The molecule has 0 saturated heterocycles. The number of carbonyl (C=O) groups is 3. The lowest BCUT2D eigenvalue weighted by atomic mass is 9.73. The summed E-state index contributed by atoms with van der Waals surface area (Å²) >= 11 is 2.07. The number of hydrogen-bond donors (Lipinski definition) is 3. The molecule has 0 bridgehead atoms. The molecule has 0 aromatic heterocycles. The number of hydrogen-bond acceptors (Lipinski definition) is 4. The molecule has 3 amide bonds. The minimum atomic E-state index is -0.993. The first-order valence-electron chi connectivity index (χ1n) is 11.6. The van der Waals surface area contributed by atoms with Gasteiger partial charge in [0, 0.05) is 29.0 Å². The van der Waals surface area contributed by atoms with Crippen LogP contribution in [0.4, 0.5) is 0 Å². The maximum Gasteiger partial charge on any atom is 0.240 e. The van der Waals surface area contributed by atoms with Gasteiger partial charge >= 0.3 is 0 Å². The van der Waals surface area contributed by atoms with Gasteiger partial charge in [-0.1, -0.05) is 48.5 Å². The summed E-state index contributed by atoms with van der Waals surface area (Å²) in [6.07, 6.45) is 1.49. The molecule has 1 atom stereocenters. The summed E-state index contributed by atoms with van der Waals surface area (Å²) in [5.74, 6) is -0.340. The lowest BCUT2D eigenvalue weighted by Crippen LogP contribution is -2.60. The van der Waals surface area contributed by atoms with Gasteiger partial charge in [0.2, 0.25) is 17.7 Å². The van der Waals surface area contributed by atoms with E-state index in [1.54, 1.807) is 17.1 Å². The van der Waals surface area contributed by atoms with Crippen LogP contribution in [-0.4, -0.2) is 44.5 Å². The van der Waals surface area contributed by atoms with Crippen molar-refractivity contribution in [2.75, 3.05) is 7.05 Å². The Kier molecular flexibility index (Phi) is 10.1. The van der Waals surface area contributed by atoms with Gasteiger partial charge in [-0.05, 0) is 59.3 Å². The van der Waals surface area contributed by atoms with Crippen molar-refractivity contribution < 1.29 is 14.4 Å². The van der Waals surface area contributed by atoms with Gasteiger partial charge in [0.1, 0.15) is 0 Å². The van der Waals surface area contributed by atoms with E-state index in [0.29, 0.717) is 19.3 Å². The van der Waals surface area contributed by atoms with E-state index in [1.807, 2.05) is 55.4 Å². The molecule has 1 unspecified atom stereocenters. The number of nitrogens with two attached hydrogens (primary N) is 1. The Labute approximate surface area is 216 Å². The van der Waals surface area contributed by atoms with Gasteiger partial charge in [0.25, 0.3) is 0 Å². The number of amides is 3. The van der Waals surface area contributed by atoms with Gasteiger partial charge in [0.05, 0.1) is 28.4 Å². The first kappa shape index (κ1) is 32.1. The number of carbonyl (C=O) groups excluding carboxylic acids is 3. The van der Waals surface area contributed by atoms with E-state index in [-0.39, 0.29) is 23.1 Å². The molecular formula is C25H49IN4O3. The van der Waals surface area contributed by atoms with Crippen LogP contribution in [0.3, 0.4) is 0 Å². The standard InChI is InChI=1S/C25H49IN4O3/c1-20(2,3)14-25(12,27)18(32)29-23(8,9)16-24(10,11)30(26)19(33)22(6,7)15-21(4,5)17(31)28-13/h14-16,27H2,1-13H3,(H,28,31)(H,29,32). The van der Waals surface area contributed by atoms with Gasteiger partial charge < -0.3 is 16.4 Å². The van der Waals surface area contributed by atoms with Crippen LogP contribution < -0.4 is 16.4 Å². The van der Waals surface area contributed by atoms with Crippen molar-refractivity contribution in [2.24, 2.45) is 22.0 Å². The van der Waals surface area contributed by atoms with Crippen LogP contribution in [0.1, 0.15) is 102 Å². The van der Waals surface area contributed by atoms with E-state index in [0.717, 1.165) is 0 Å². The van der Waals surface area contributed by atoms with Crippen molar-refractivity contribution in [1.29, 1.82) is 0 Å². The number of halogens is 1. The fourth-order valence-electron chi connectivity index (χ4n) is 4.97. The lowest BCUT2D eigenvalue weighted by Gasteiger charge is -2.44. The number of nitrogens with zero attached hydrogens (tertiary/aromatic N) is 1. The molecular weight excluding hydrogens is 531 g/mol. The van der Waals surface area contributed by atoms with Crippen LogP contribution in [-0.2, 0) is 14.4 Å². The largest absolute Gasteiger partial charge is 0.359 e. The van der Waals surface area contributed by atoms with Gasteiger partial charge in [0.15, 0.2) is 0 Å². The summed E-state index contributed by atoms with van der Waals surface area (Å²) < 4.78 is 1.72. The maximum atomic E-state index is 13.5. The molecule has 0 saturated carbocycles. The minimum Gasteiger partial charge on any atom is -0.359 e. The third-order valence-electron chi connectivity index (χ3n) is 5.76. The first-order valence-corrected chi connectivity index (χ1v) is 12.6. The fourth-order valence-corrected chi connectivity index (χ4v) is 5.79. The van der Waals surface area contributed by atoms with Crippen molar-refractivity contribution in [2.45, 2.75) is 119 Å². The van der Waals surface area contributed by atoms with Crippen molar-refractivity contribution in [3.8, 4) is 0 Å². The molecule has 0 aromatic rings. The zero-order chi connectivity index (χ0) is 26.8. The van der Waals surface area contributed by atoms with Crippen molar-refractivity contribution in [1.82, 2.24) is 13.7 Å². The molecule has 7 nitrogen and oxygen atoms in total. The number of nitrogens with one attached hydrogen (secondary N) is 2. The van der Waals surface area contributed by atoms with Crippen LogP contribution in [0.5, 0.6) is 0 Å². The molecule has 4 N–H and O–H groups in total. The quantitative estimate of drug-likeness (QED) is 0.260. The summed E-state index contributed by atoms with van der Waals surface area (Å²) in [5.41, 5.74) is 2.72. The average molecular weight is 581 g/mol. The summed E-state index contributed by atoms with van der Waals surface area (Å²) in [5, 5.41) is 5.80. The monoisotopic (exact) mass is 580 g/mol. The second-order valence-corrected chi connectivity index (χ2v) is 14.6. The summed E-state index contributed by atoms with van der Waals surface area (Å²) in [6, 6.07) is 0. The molecule has 0 aliphatic rings. The predicted molar refractivity (Wildman–Crippen MR) is 145 cm³/mol. The predicted octanol–water partition coefficient (Wildman–Crippen LogP) is 4.57. The van der Waals surface area contributed by atoms with E-state index < -0.39 is 27.4 Å². The maximum absolute atomic E-state index is 13.5. The summed E-state index contributed by atoms with van der Waals surface area (Å²) in [7, 11) is 1.61. The van der Waals surface area contributed by atoms with Crippen molar-refractivity contribution in [3.05, 3.63) is 0 Å². The molecule has 194 valence electrons. The highest BCUT2D eigenvalue weighted by molar-refractivity contribution is 14.1. The van der Waals surface area contributed by atoms with Gasteiger partial charge in [-0.15, -0.1) is 0 Å². The van der Waals surface area contributed by atoms with E-state index >= 15 is 0 Å². The fraction of sp³-hybridized carbons (Fsp3) is 0.880. The summed E-state index contributed by atoms with van der Waals surface area (Å²) in [6.45, 7) is 23.3. The Morgan fingerprint density at radius 3 is 1.61 bits per heavy atom. The third-order valence-corrected chi connectivity index (χ3v) is 7.50. The van der Waals surface area contributed by atoms with Gasteiger partial charge in [-0.2, -0.15) is 0 Å². The molecule has 0 aliphatic heterocycles. The average Bonchev–Trinajstić information content (AvgIpc) is 2.54. The second-order valence-electron chi connectivity index (χ2n) is 13.6. The van der Waals surface area contributed by atoms with Crippen LogP contribution in [0, 0.1) is 16.2 Å². The molecule has 0 heterocycles. The second kappa shape index (κ2) is 10.4. The molecule has 0 fully saturated rings. The SMILES string of the molecule is CNC(=O)C(C)(C)CC(C)(C)C(=O)N(I)C(C)(C)CC(C)(C)NC(=O)C(C)(N)CC(C)(C)C. The van der Waals surface area contributed by atoms with Crippen LogP contribution in [0.15, 0.2) is 0 Å². The third kappa shape index (κ3) is 9.70. The Morgan fingerprint density at radius 1 is 0.758 bits per heavy atom. The Hall–Kier alpha value is -0.900. The van der Waals surface area contributed by atoms with E-state index in [2.05, 4.69) is 54.3 Å². The Morgan fingerprint density at radius 2 is 1.21 bits per heavy atom. The smallest absolute Gasteiger partial charge is 0.240 e. The molecule has 33 heavy (non-hydrogen) atoms. The van der Waals surface area contributed by atoms with Crippen molar-refractivity contribution >= 4 is 40.6 Å². The molecule has 0 aromatic carbocycles. The summed E-state index contributed by atoms with van der Waals surface area (Å²) in [4.78, 5) is 38.8. The molecule has 0 rings (SSSR count).